The molecule has 0 aliphatic heterocycles. The van der Waals surface area contributed by atoms with Crippen LogP contribution in [0.25, 0.3) is 0 Å². The van der Waals surface area contributed by atoms with Crippen LogP contribution in [0.5, 0.6) is 0 Å². The summed E-state index contributed by atoms with van der Waals surface area (Å²) in [4.78, 5) is 28.7. The molecule has 1 aliphatic rings. The Morgan fingerprint density at radius 1 is 0.825 bits per heavy atom. The van der Waals surface area contributed by atoms with Gasteiger partial charge in [0.25, 0.3) is 0 Å². The number of aliphatic hydroxyl groups is 1. The van der Waals surface area contributed by atoms with E-state index in [-0.39, 0.29) is 18.8 Å². The molecule has 1 aliphatic carbocycles. The van der Waals surface area contributed by atoms with Crippen molar-refractivity contribution in [3.05, 3.63) is 144 Å². The van der Waals surface area contributed by atoms with E-state index in [0.717, 1.165) is 5.56 Å². The molecule has 0 radical (unpaired) electrons. The Morgan fingerprint density at radius 3 is 1.85 bits per heavy atom. The van der Waals surface area contributed by atoms with Crippen LogP contribution >= 0.6 is 0 Å². The fourth-order valence-electron chi connectivity index (χ4n) is 6.42. The number of hydrogen-bond donors (Lipinski definition) is 1. The number of Topliss-reactive ketones (excluding diaryl/α,β-unsaturated/α-hetero) is 1. The molecule has 1 saturated carbocycles. The number of rotatable bonds is 7. The van der Waals surface area contributed by atoms with Crippen LogP contribution in [-0.2, 0) is 15.1 Å². The number of esters is 1. The fraction of sp³-hybridized carbons (Fsp3) is 0.229. The summed E-state index contributed by atoms with van der Waals surface area (Å²) in [5.74, 6) is -3.98. The molecule has 0 heterocycles. The summed E-state index contributed by atoms with van der Waals surface area (Å²) in [5, 5.41) is 23.9. The lowest BCUT2D eigenvalue weighted by atomic mass is 9.47. The van der Waals surface area contributed by atoms with Crippen molar-refractivity contribution >= 4 is 11.8 Å². The number of ketones is 1. The van der Waals surface area contributed by atoms with Gasteiger partial charge in [-0.3, -0.25) is 9.59 Å². The Balaban J connectivity index is 1.88. The van der Waals surface area contributed by atoms with E-state index in [1.165, 1.54) is 0 Å². The van der Waals surface area contributed by atoms with Crippen molar-refractivity contribution in [2.45, 2.75) is 30.8 Å². The number of nitrogens with zero attached hydrogens (tertiary/aromatic N) is 1. The lowest BCUT2D eigenvalue weighted by molar-refractivity contribution is -0.164. The third-order valence-corrected chi connectivity index (χ3v) is 8.18. The minimum absolute atomic E-state index is 0.0278. The van der Waals surface area contributed by atoms with E-state index >= 15 is 0 Å². The Labute approximate surface area is 234 Å². The quantitative estimate of drug-likeness (QED) is 0.221. The van der Waals surface area contributed by atoms with Crippen molar-refractivity contribution in [2.24, 2.45) is 11.3 Å². The first kappa shape index (κ1) is 27.1. The molecule has 0 aromatic heterocycles. The normalized spacial score (nSPS) is 25.9. The maximum atomic E-state index is 14.6. The number of benzene rings is 4. The zero-order valence-corrected chi connectivity index (χ0v) is 22.3. The number of carbonyl (C=O) groups is 2. The van der Waals surface area contributed by atoms with Gasteiger partial charge in [-0.05, 0) is 30.0 Å². The predicted octanol–water partition coefficient (Wildman–Crippen LogP) is 6.42. The molecule has 5 rings (SSSR count). The highest BCUT2D eigenvalue weighted by Gasteiger charge is 2.67. The third-order valence-electron chi connectivity index (χ3n) is 8.18. The lowest BCUT2D eigenvalue weighted by Gasteiger charge is -2.54. The van der Waals surface area contributed by atoms with Crippen molar-refractivity contribution in [3.63, 3.8) is 0 Å². The second-order valence-electron chi connectivity index (χ2n) is 10.3. The first-order valence-electron chi connectivity index (χ1n) is 13.5. The number of ether oxygens (including phenoxy) is 1. The third kappa shape index (κ3) is 4.51. The average Bonchev–Trinajstić information content (AvgIpc) is 3.02. The molecule has 0 saturated heterocycles. The molecule has 4 aromatic rings. The molecular weight excluding hydrogens is 498 g/mol. The molecule has 5 heteroatoms. The topological polar surface area (TPSA) is 87.4 Å². The van der Waals surface area contributed by atoms with Gasteiger partial charge >= 0.3 is 5.97 Å². The zero-order chi connectivity index (χ0) is 28.2. The van der Waals surface area contributed by atoms with E-state index in [2.05, 4.69) is 6.07 Å². The Hall–Kier alpha value is -4.53. The highest BCUT2D eigenvalue weighted by molar-refractivity contribution is 6.00. The molecule has 1 N–H and O–H groups in total. The standard InChI is InChI=1S/C35H31NO4/c1-2-40-33(38)34(24-36)29(25-15-7-3-8-16-25)23-35(39,28-21-13-6-14-22-28)31(30(34)26-17-9-4-10-18-26)32(37)27-19-11-5-12-20-27/h3-22,29-31,39H,2,23H2,1H3/t29-,30+,31+,34-,35+/m1/s1. The first-order valence-corrected chi connectivity index (χ1v) is 13.5. The summed E-state index contributed by atoms with van der Waals surface area (Å²) in [6, 6.07) is 38.7. The van der Waals surface area contributed by atoms with E-state index in [4.69, 9.17) is 4.74 Å². The van der Waals surface area contributed by atoms with Gasteiger partial charge in [0.05, 0.1) is 18.6 Å². The minimum atomic E-state index is -1.80. The SMILES string of the molecule is CCOC(=O)[C@]1(C#N)[C@@H](c2ccccc2)C[C@](O)(c2ccccc2)[C@H](C(=O)c2ccccc2)[C@@H]1c1ccccc1. The Bertz CT molecular complexity index is 1500. The van der Waals surface area contributed by atoms with Crippen molar-refractivity contribution < 1.29 is 19.4 Å². The summed E-state index contributed by atoms with van der Waals surface area (Å²) in [6.07, 6.45) is -0.0278. The maximum Gasteiger partial charge on any atom is 0.327 e. The second-order valence-corrected chi connectivity index (χ2v) is 10.3. The zero-order valence-electron chi connectivity index (χ0n) is 22.3. The molecule has 0 amide bonds. The number of carbonyl (C=O) groups excluding carboxylic acids is 2. The van der Waals surface area contributed by atoms with Crippen LogP contribution in [0.4, 0.5) is 0 Å². The highest BCUT2D eigenvalue weighted by atomic mass is 16.5. The molecule has 40 heavy (non-hydrogen) atoms. The molecule has 5 nitrogen and oxygen atoms in total. The van der Waals surface area contributed by atoms with Crippen LogP contribution in [-0.4, -0.2) is 23.5 Å². The van der Waals surface area contributed by atoms with Crippen molar-refractivity contribution in [1.82, 2.24) is 0 Å². The monoisotopic (exact) mass is 529 g/mol. The smallest absolute Gasteiger partial charge is 0.327 e. The molecule has 4 aromatic carbocycles. The first-order chi connectivity index (χ1) is 19.5. The molecular formula is C35H31NO4. The largest absolute Gasteiger partial charge is 0.465 e. The Morgan fingerprint density at radius 2 is 1.32 bits per heavy atom. The van der Waals surface area contributed by atoms with Gasteiger partial charge in [-0.15, -0.1) is 0 Å². The van der Waals surface area contributed by atoms with Gasteiger partial charge in [0.2, 0.25) is 0 Å². The van der Waals surface area contributed by atoms with Crippen LogP contribution in [0.1, 0.15) is 52.2 Å². The molecule has 0 bridgehead atoms. The minimum Gasteiger partial charge on any atom is -0.465 e. The van der Waals surface area contributed by atoms with Gasteiger partial charge in [-0.2, -0.15) is 5.26 Å². The highest BCUT2D eigenvalue weighted by Crippen LogP contribution is 2.63. The number of nitriles is 1. The van der Waals surface area contributed by atoms with E-state index < -0.39 is 34.7 Å². The molecule has 200 valence electrons. The van der Waals surface area contributed by atoms with Crippen molar-refractivity contribution in [2.75, 3.05) is 6.61 Å². The van der Waals surface area contributed by atoms with Gasteiger partial charge in [-0.1, -0.05) is 121 Å². The summed E-state index contributed by atoms with van der Waals surface area (Å²) >= 11 is 0. The summed E-state index contributed by atoms with van der Waals surface area (Å²) in [6.45, 7) is 1.78. The van der Waals surface area contributed by atoms with Crippen LogP contribution in [0.2, 0.25) is 0 Å². The average molecular weight is 530 g/mol. The van der Waals surface area contributed by atoms with Gasteiger partial charge < -0.3 is 9.84 Å². The lowest BCUT2D eigenvalue weighted by Crippen LogP contribution is -2.59. The van der Waals surface area contributed by atoms with Gasteiger partial charge in [-0.25, -0.2) is 0 Å². The molecule has 0 unspecified atom stereocenters. The van der Waals surface area contributed by atoms with E-state index in [9.17, 15) is 20.0 Å². The predicted molar refractivity (Wildman–Crippen MR) is 152 cm³/mol. The van der Waals surface area contributed by atoms with Crippen LogP contribution in [0.3, 0.4) is 0 Å². The van der Waals surface area contributed by atoms with E-state index in [1.54, 1.807) is 43.3 Å². The van der Waals surface area contributed by atoms with Crippen LogP contribution in [0, 0.1) is 22.7 Å². The maximum absolute atomic E-state index is 14.6. The van der Waals surface area contributed by atoms with E-state index in [1.807, 2.05) is 84.9 Å². The molecule has 1 fully saturated rings. The molecule has 0 spiro atoms. The van der Waals surface area contributed by atoms with Gasteiger partial charge in [0, 0.05) is 17.4 Å². The Kier molecular flexibility index (Phi) is 7.64. The van der Waals surface area contributed by atoms with Gasteiger partial charge in [0.1, 0.15) is 5.60 Å². The second kappa shape index (κ2) is 11.3. The van der Waals surface area contributed by atoms with Crippen LogP contribution < -0.4 is 0 Å². The summed E-state index contributed by atoms with van der Waals surface area (Å²) in [7, 11) is 0. The van der Waals surface area contributed by atoms with Crippen molar-refractivity contribution in [1.29, 1.82) is 5.26 Å². The summed E-state index contributed by atoms with van der Waals surface area (Å²) in [5.41, 5.74) is -1.21. The molecule has 5 atom stereocenters. The van der Waals surface area contributed by atoms with Crippen molar-refractivity contribution in [3.8, 4) is 6.07 Å². The van der Waals surface area contributed by atoms with Gasteiger partial charge in [0.15, 0.2) is 11.2 Å². The fourth-order valence-corrected chi connectivity index (χ4v) is 6.42. The van der Waals surface area contributed by atoms with E-state index in [0.29, 0.717) is 16.7 Å². The van der Waals surface area contributed by atoms with Crippen LogP contribution in [0.15, 0.2) is 121 Å². The number of hydrogen-bond acceptors (Lipinski definition) is 5. The summed E-state index contributed by atoms with van der Waals surface area (Å²) < 4.78 is 5.63.